The molecular formula is C33H34O16. The molecule has 0 bridgehead atoms. The summed E-state index contributed by atoms with van der Waals surface area (Å²) >= 11 is 0. The van der Waals surface area contributed by atoms with Gasteiger partial charge in [0.05, 0.1) is 19.8 Å². The lowest BCUT2D eigenvalue weighted by Gasteiger charge is -2.44. The molecule has 2 aromatic carbocycles. The Kier molecular flexibility index (Phi) is 11.5. The van der Waals surface area contributed by atoms with Crippen LogP contribution in [0, 0.1) is 0 Å². The van der Waals surface area contributed by atoms with E-state index in [1.165, 1.54) is 32.6 Å². The van der Waals surface area contributed by atoms with Gasteiger partial charge in [0.1, 0.15) is 29.9 Å². The molecular weight excluding hydrogens is 652 g/mol. The lowest BCUT2D eigenvalue weighted by atomic mass is 9.98. The van der Waals surface area contributed by atoms with E-state index in [2.05, 4.69) is 0 Å². The van der Waals surface area contributed by atoms with Gasteiger partial charge in [-0.2, -0.15) is 0 Å². The molecule has 0 spiro atoms. The second-order valence-corrected chi connectivity index (χ2v) is 10.6. The van der Waals surface area contributed by atoms with Gasteiger partial charge in [-0.1, -0.05) is 6.07 Å². The van der Waals surface area contributed by atoms with E-state index in [1.807, 2.05) is 0 Å². The molecule has 16 heteroatoms. The third kappa shape index (κ3) is 8.45. The predicted molar refractivity (Wildman–Crippen MR) is 165 cm³/mol. The Morgan fingerprint density at radius 1 is 0.714 bits per heavy atom. The summed E-state index contributed by atoms with van der Waals surface area (Å²) in [6, 6.07) is 7.41. The zero-order valence-electron chi connectivity index (χ0n) is 27.6. The third-order valence-corrected chi connectivity index (χ3v) is 6.99. The number of hydrogen-bond acceptors (Lipinski definition) is 16. The highest BCUT2D eigenvalue weighted by Gasteiger charge is 2.53. The van der Waals surface area contributed by atoms with Crippen LogP contribution < -0.4 is 24.4 Å². The predicted octanol–water partition coefficient (Wildman–Crippen LogP) is 2.86. The van der Waals surface area contributed by atoms with E-state index in [1.54, 1.807) is 18.2 Å². The van der Waals surface area contributed by atoms with Crippen molar-refractivity contribution in [3.05, 3.63) is 46.8 Å². The maximum atomic E-state index is 14.0. The van der Waals surface area contributed by atoms with Crippen LogP contribution in [0.15, 0.2) is 45.8 Å². The van der Waals surface area contributed by atoms with Crippen molar-refractivity contribution in [2.45, 2.75) is 65.3 Å². The first-order valence-electron chi connectivity index (χ1n) is 14.7. The van der Waals surface area contributed by atoms with Crippen molar-refractivity contribution in [2.24, 2.45) is 0 Å². The minimum atomic E-state index is -1.69. The first-order chi connectivity index (χ1) is 23.2. The number of fused-ring (bicyclic) bond motifs is 1. The molecule has 4 rings (SSSR count). The summed E-state index contributed by atoms with van der Waals surface area (Å²) < 4.78 is 55.4. The summed E-state index contributed by atoms with van der Waals surface area (Å²) in [5, 5.41) is -0.203. The Balaban J connectivity index is 1.88. The molecule has 1 fully saturated rings. The Bertz CT molecular complexity index is 1810. The van der Waals surface area contributed by atoms with Gasteiger partial charge in [-0.05, 0) is 29.8 Å². The van der Waals surface area contributed by atoms with Gasteiger partial charge in [0.2, 0.25) is 17.8 Å². The lowest BCUT2D eigenvalue weighted by Crippen LogP contribution is -2.63. The van der Waals surface area contributed by atoms with Gasteiger partial charge >= 0.3 is 29.8 Å². The van der Waals surface area contributed by atoms with Crippen molar-refractivity contribution in [1.29, 1.82) is 0 Å². The molecule has 0 radical (unpaired) electrons. The molecule has 262 valence electrons. The largest absolute Gasteiger partial charge is 0.493 e. The summed E-state index contributed by atoms with van der Waals surface area (Å²) in [5.74, 6) is -3.97. The number of carbonyl (C=O) groups is 5. The molecule has 16 nitrogen and oxygen atoms in total. The van der Waals surface area contributed by atoms with Crippen molar-refractivity contribution in [3.63, 3.8) is 0 Å². The number of methoxy groups -OCH3 is 2. The fraction of sp³-hybridized carbons (Fsp3) is 0.394. The maximum Gasteiger partial charge on any atom is 0.308 e. The average molecular weight is 687 g/mol. The van der Waals surface area contributed by atoms with Crippen LogP contribution in [0.4, 0.5) is 0 Å². The van der Waals surface area contributed by atoms with Crippen molar-refractivity contribution in [2.75, 3.05) is 20.8 Å². The molecule has 49 heavy (non-hydrogen) atoms. The van der Waals surface area contributed by atoms with E-state index in [0.29, 0.717) is 17.1 Å². The molecule has 0 N–H and O–H groups in total. The second kappa shape index (κ2) is 15.5. The summed E-state index contributed by atoms with van der Waals surface area (Å²) in [6.45, 7) is 4.93. The lowest BCUT2D eigenvalue weighted by molar-refractivity contribution is -0.288. The van der Waals surface area contributed by atoms with E-state index in [4.69, 9.17) is 47.0 Å². The van der Waals surface area contributed by atoms with Gasteiger partial charge in [-0.25, -0.2) is 0 Å². The van der Waals surface area contributed by atoms with Crippen LogP contribution >= 0.6 is 0 Å². The average Bonchev–Trinajstić information content (AvgIpc) is 3.02. The molecule has 1 aliphatic rings. The molecule has 0 aliphatic carbocycles. The molecule has 1 saturated heterocycles. The number of carbonyl (C=O) groups excluding carboxylic acids is 5. The first kappa shape index (κ1) is 36.2. The number of hydrogen-bond donors (Lipinski definition) is 0. The van der Waals surface area contributed by atoms with Crippen LogP contribution in [-0.4, -0.2) is 81.4 Å². The molecule has 0 saturated carbocycles. The second-order valence-electron chi connectivity index (χ2n) is 10.6. The van der Waals surface area contributed by atoms with E-state index in [-0.39, 0.29) is 28.0 Å². The topological polar surface area (TPSA) is 199 Å². The van der Waals surface area contributed by atoms with Crippen LogP contribution in [0.2, 0.25) is 0 Å². The van der Waals surface area contributed by atoms with E-state index in [9.17, 15) is 28.8 Å². The van der Waals surface area contributed by atoms with Crippen molar-refractivity contribution in [3.8, 4) is 34.1 Å². The van der Waals surface area contributed by atoms with Crippen molar-refractivity contribution in [1.82, 2.24) is 0 Å². The minimum Gasteiger partial charge on any atom is -0.493 e. The van der Waals surface area contributed by atoms with Crippen LogP contribution in [0.5, 0.6) is 23.0 Å². The van der Waals surface area contributed by atoms with Crippen molar-refractivity contribution < 1.29 is 71.0 Å². The van der Waals surface area contributed by atoms with Gasteiger partial charge in [-0.15, -0.1) is 0 Å². The zero-order valence-corrected chi connectivity index (χ0v) is 27.6. The quantitative estimate of drug-likeness (QED) is 0.162. The standard InChI is InChI=1S/C33H34O16/c1-15(34)42-14-26-30(45-17(3)36)31(46-18(4)37)32(47-19(5)38)33(49-26)48-24-11-10-23-27(29(24)44-16(2)35)28(39)21(13-43-23)20-8-9-22(40-6)25(12-20)41-7/h8-13,26,30-33H,14H2,1-7H3. The smallest absolute Gasteiger partial charge is 0.308 e. The number of ether oxygens (including phenoxy) is 9. The number of esters is 5. The molecule has 5 unspecified atom stereocenters. The number of benzene rings is 2. The Labute approximate surface area is 279 Å². The van der Waals surface area contributed by atoms with E-state index in [0.717, 1.165) is 34.6 Å². The molecule has 5 atom stereocenters. The van der Waals surface area contributed by atoms with Gasteiger partial charge in [0.25, 0.3) is 0 Å². The molecule has 3 aromatic rings. The highest BCUT2D eigenvalue weighted by Crippen LogP contribution is 2.39. The van der Waals surface area contributed by atoms with Crippen LogP contribution in [0.1, 0.15) is 34.6 Å². The Hall–Kier alpha value is -5.64. The molecule has 0 amide bonds. The monoisotopic (exact) mass is 686 g/mol. The first-order valence-corrected chi connectivity index (χ1v) is 14.7. The summed E-state index contributed by atoms with van der Waals surface area (Å²) in [6.07, 6.45) is -6.37. The highest BCUT2D eigenvalue weighted by molar-refractivity contribution is 5.91. The van der Waals surface area contributed by atoms with E-state index < -0.39 is 72.6 Å². The fourth-order valence-electron chi connectivity index (χ4n) is 5.12. The maximum absolute atomic E-state index is 14.0. The van der Waals surface area contributed by atoms with Gasteiger partial charge in [0, 0.05) is 34.6 Å². The third-order valence-electron chi connectivity index (χ3n) is 6.99. The van der Waals surface area contributed by atoms with Gasteiger partial charge < -0.3 is 47.0 Å². The summed E-state index contributed by atoms with van der Waals surface area (Å²) in [7, 11) is 2.89. The van der Waals surface area contributed by atoms with Crippen LogP contribution in [0.3, 0.4) is 0 Å². The summed E-state index contributed by atoms with van der Waals surface area (Å²) in [4.78, 5) is 74.6. The van der Waals surface area contributed by atoms with Crippen LogP contribution in [-0.2, 0) is 47.7 Å². The Morgan fingerprint density at radius 3 is 1.92 bits per heavy atom. The highest BCUT2D eigenvalue weighted by atomic mass is 16.7. The minimum absolute atomic E-state index is 0.0133. The number of rotatable bonds is 11. The molecule has 1 aromatic heterocycles. The SMILES string of the molecule is COc1ccc(-c2coc3ccc(OC4OC(COC(C)=O)C(OC(C)=O)C(OC(C)=O)C4OC(C)=O)c(OC(C)=O)c3c2=O)cc1OC. The zero-order chi connectivity index (χ0) is 36.0. The van der Waals surface area contributed by atoms with Gasteiger partial charge in [-0.3, -0.25) is 28.8 Å². The normalized spacial score (nSPS) is 20.0. The van der Waals surface area contributed by atoms with E-state index >= 15 is 0 Å². The molecule has 1 aliphatic heterocycles. The van der Waals surface area contributed by atoms with Gasteiger partial charge in [0.15, 0.2) is 35.2 Å². The Morgan fingerprint density at radius 2 is 1.33 bits per heavy atom. The summed E-state index contributed by atoms with van der Waals surface area (Å²) in [5.41, 5.74) is -0.171. The molecule has 2 heterocycles. The fourth-order valence-corrected chi connectivity index (χ4v) is 5.12. The van der Waals surface area contributed by atoms with Crippen molar-refractivity contribution >= 4 is 40.8 Å². The van der Waals surface area contributed by atoms with Crippen LogP contribution in [0.25, 0.3) is 22.1 Å².